The molecule has 0 bridgehead atoms. The van der Waals surface area contributed by atoms with E-state index in [9.17, 15) is 14.9 Å². The van der Waals surface area contributed by atoms with Crippen LogP contribution in [0.15, 0.2) is 0 Å². The van der Waals surface area contributed by atoms with Crippen molar-refractivity contribution < 1.29 is 14.3 Å². The van der Waals surface area contributed by atoms with E-state index < -0.39 is 11.5 Å². The van der Waals surface area contributed by atoms with Gasteiger partial charge in [0.25, 0.3) is 0 Å². The van der Waals surface area contributed by atoms with E-state index in [0.29, 0.717) is 19.6 Å². The zero-order valence-corrected chi connectivity index (χ0v) is 12.6. The summed E-state index contributed by atoms with van der Waals surface area (Å²) in [5, 5.41) is 12.0. The van der Waals surface area contributed by atoms with Crippen LogP contribution in [0.4, 0.5) is 0 Å². The number of nitrogens with zero attached hydrogens (tertiary/aromatic N) is 2. The zero-order chi connectivity index (χ0) is 15.3. The van der Waals surface area contributed by atoms with Crippen molar-refractivity contribution in [3.63, 3.8) is 0 Å². The minimum atomic E-state index is -1.09. The first-order valence-electron chi connectivity index (χ1n) is 6.96. The Labute approximate surface area is 120 Å². The summed E-state index contributed by atoms with van der Waals surface area (Å²) < 4.78 is 5.31. The van der Waals surface area contributed by atoms with Gasteiger partial charge in [0.15, 0.2) is 0 Å². The molecule has 0 aromatic carbocycles. The smallest absolute Gasteiger partial charge is 0.245 e. The fraction of sp³-hybridized carbons (Fsp3) is 0.786. The van der Waals surface area contributed by atoms with Gasteiger partial charge in [-0.05, 0) is 27.2 Å². The number of ether oxygens (including phenoxy) is 1. The zero-order valence-electron chi connectivity index (χ0n) is 12.6. The molecule has 6 heteroatoms. The molecule has 0 saturated carbocycles. The Bertz CT molecular complexity index is 416. The normalized spacial score (nSPS) is 22.0. The van der Waals surface area contributed by atoms with E-state index in [1.165, 1.54) is 4.90 Å². The standard InChI is InChI=1S/C14H23N3O3/c1-5-14(4,9-15)13(19)17-6-7-20-8-11(17)12(18)16-10(2)3/h10-11H,5-8H2,1-4H3,(H,16,18). The quantitative estimate of drug-likeness (QED) is 0.821. The van der Waals surface area contributed by atoms with E-state index >= 15 is 0 Å². The molecule has 20 heavy (non-hydrogen) atoms. The maximum atomic E-state index is 12.6. The Morgan fingerprint density at radius 3 is 2.70 bits per heavy atom. The van der Waals surface area contributed by atoms with E-state index in [1.807, 2.05) is 13.8 Å². The average Bonchev–Trinajstić information content (AvgIpc) is 2.44. The number of amides is 2. The van der Waals surface area contributed by atoms with Gasteiger partial charge in [-0.2, -0.15) is 5.26 Å². The van der Waals surface area contributed by atoms with Crippen LogP contribution in [0.5, 0.6) is 0 Å². The van der Waals surface area contributed by atoms with Crippen molar-refractivity contribution >= 4 is 11.8 Å². The first kappa shape index (κ1) is 16.4. The van der Waals surface area contributed by atoms with E-state index in [4.69, 9.17) is 4.74 Å². The Balaban J connectivity index is 2.92. The fourth-order valence-corrected chi connectivity index (χ4v) is 2.04. The number of rotatable bonds is 4. The molecule has 0 aromatic rings. The third-order valence-electron chi connectivity index (χ3n) is 3.55. The summed E-state index contributed by atoms with van der Waals surface area (Å²) in [6.07, 6.45) is 0.415. The summed E-state index contributed by atoms with van der Waals surface area (Å²) in [5.41, 5.74) is -1.09. The van der Waals surface area contributed by atoms with Crippen molar-refractivity contribution in [1.29, 1.82) is 5.26 Å². The lowest BCUT2D eigenvalue weighted by atomic mass is 9.87. The molecule has 2 atom stereocenters. The van der Waals surface area contributed by atoms with E-state index in [-0.39, 0.29) is 24.5 Å². The summed E-state index contributed by atoms with van der Waals surface area (Å²) in [6.45, 7) is 8.04. The maximum Gasteiger partial charge on any atom is 0.245 e. The first-order valence-corrected chi connectivity index (χ1v) is 6.96. The largest absolute Gasteiger partial charge is 0.377 e. The lowest BCUT2D eigenvalue weighted by molar-refractivity contribution is -0.154. The fourth-order valence-electron chi connectivity index (χ4n) is 2.04. The molecule has 1 rings (SSSR count). The number of hydrogen-bond donors (Lipinski definition) is 1. The molecular formula is C14H23N3O3. The van der Waals surface area contributed by atoms with Crippen LogP contribution in [0, 0.1) is 16.7 Å². The van der Waals surface area contributed by atoms with Crippen molar-refractivity contribution in [2.24, 2.45) is 5.41 Å². The number of carbonyl (C=O) groups excluding carboxylic acids is 2. The van der Waals surface area contributed by atoms with Crippen LogP contribution in [-0.2, 0) is 14.3 Å². The van der Waals surface area contributed by atoms with E-state index in [1.54, 1.807) is 13.8 Å². The second kappa shape index (κ2) is 6.71. The Kier molecular flexibility index (Phi) is 5.52. The van der Waals surface area contributed by atoms with Gasteiger partial charge in [-0.15, -0.1) is 0 Å². The molecule has 1 heterocycles. The molecular weight excluding hydrogens is 258 g/mol. The van der Waals surface area contributed by atoms with Gasteiger partial charge in [-0.3, -0.25) is 9.59 Å². The Morgan fingerprint density at radius 2 is 2.20 bits per heavy atom. The summed E-state index contributed by atoms with van der Waals surface area (Å²) in [7, 11) is 0. The molecule has 0 spiro atoms. The van der Waals surface area contributed by atoms with Crippen molar-refractivity contribution in [3.8, 4) is 6.07 Å². The molecule has 0 aromatic heterocycles. The van der Waals surface area contributed by atoms with Crippen LogP contribution < -0.4 is 5.32 Å². The Hall–Kier alpha value is -1.61. The number of nitriles is 1. The monoisotopic (exact) mass is 281 g/mol. The number of nitrogens with one attached hydrogen (secondary N) is 1. The molecule has 0 radical (unpaired) electrons. The number of hydrogen-bond acceptors (Lipinski definition) is 4. The first-order chi connectivity index (χ1) is 9.35. The minimum absolute atomic E-state index is 0.00472. The molecule has 1 saturated heterocycles. The number of carbonyl (C=O) groups is 2. The summed E-state index contributed by atoms with van der Waals surface area (Å²) in [6, 6.07) is 1.40. The third-order valence-corrected chi connectivity index (χ3v) is 3.55. The lowest BCUT2D eigenvalue weighted by Gasteiger charge is -2.38. The molecule has 6 nitrogen and oxygen atoms in total. The molecule has 1 aliphatic heterocycles. The second-order valence-electron chi connectivity index (χ2n) is 5.55. The second-order valence-corrected chi connectivity index (χ2v) is 5.55. The lowest BCUT2D eigenvalue weighted by Crippen LogP contribution is -2.59. The van der Waals surface area contributed by atoms with Crippen molar-refractivity contribution in [1.82, 2.24) is 10.2 Å². The van der Waals surface area contributed by atoms with E-state index in [0.717, 1.165) is 0 Å². The van der Waals surface area contributed by atoms with Gasteiger partial charge >= 0.3 is 0 Å². The molecule has 1 fully saturated rings. The molecule has 112 valence electrons. The SMILES string of the molecule is CCC(C)(C#N)C(=O)N1CCOCC1C(=O)NC(C)C. The molecule has 1 aliphatic rings. The van der Waals surface area contributed by atoms with Crippen LogP contribution >= 0.6 is 0 Å². The van der Waals surface area contributed by atoms with Crippen molar-refractivity contribution in [2.75, 3.05) is 19.8 Å². The van der Waals surface area contributed by atoms with Crippen LogP contribution in [0.25, 0.3) is 0 Å². The van der Waals surface area contributed by atoms with Gasteiger partial charge in [0.05, 0.1) is 19.3 Å². The molecule has 0 aliphatic carbocycles. The molecule has 2 unspecified atom stereocenters. The van der Waals surface area contributed by atoms with Crippen LogP contribution in [0.3, 0.4) is 0 Å². The van der Waals surface area contributed by atoms with Crippen molar-refractivity contribution in [2.45, 2.75) is 46.2 Å². The van der Waals surface area contributed by atoms with Gasteiger partial charge in [0.1, 0.15) is 11.5 Å². The van der Waals surface area contributed by atoms with Gasteiger partial charge in [0, 0.05) is 12.6 Å². The molecule has 1 N–H and O–H groups in total. The highest BCUT2D eigenvalue weighted by Crippen LogP contribution is 2.25. The van der Waals surface area contributed by atoms with Gasteiger partial charge < -0.3 is 15.0 Å². The highest BCUT2D eigenvalue weighted by molar-refractivity contribution is 5.91. The van der Waals surface area contributed by atoms with Crippen molar-refractivity contribution in [3.05, 3.63) is 0 Å². The average molecular weight is 281 g/mol. The van der Waals surface area contributed by atoms with Gasteiger partial charge in [-0.25, -0.2) is 0 Å². The summed E-state index contributed by atoms with van der Waals surface area (Å²) in [5.74, 6) is -0.529. The van der Waals surface area contributed by atoms with Crippen LogP contribution in [0.1, 0.15) is 34.1 Å². The summed E-state index contributed by atoms with van der Waals surface area (Å²) >= 11 is 0. The summed E-state index contributed by atoms with van der Waals surface area (Å²) in [4.78, 5) is 26.2. The highest BCUT2D eigenvalue weighted by Gasteiger charge is 2.41. The minimum Gasteiger partial charge on any atom is -0.377 e. The Morgan fingerprint density at radius 1 is 1.55 bits per heavy atom. The number of morpholine rings is 1. The molecule has 2 amide bonds. The third kappa shape index (κ3) is 3.48. The van der Waals surface area contributed by atoms with Crippen LogP contribution in [-0.4, -0.2) is 48.6 Å². The van der Waals surface area contributed by atoms with Gasteiger partial charge in [0.2, 0.25) is 11.8 Å². The maximum absolute atomic E-state index is 12.6. The highest BCUT2D eigenvalue weighted by atomic mass is 16.5. The van der Waals surface area contributed by atoms with Gasteiger partial charge in [-0.1, -0.05) is 6.92 Å². The van der Waals surface area contributed by atoms with Crippen LogP contribution in [0.2, 0.25) is 0 Å². The van der Waals surface area contributed by atoms with E-state index in [2.05, 4.69) is 11.4 Å². The predicted molar refractivity (Wildman–Crippen MR) is 73.6 cm³/mol. The topological polar surface area (TPSA) is 82.4 Å². The predicted octanol–water partition coefficient (Wildman–Crippen LogP) is 0.678.